The Kier molecular flexibility index (Phi) is 3.06. The van der Waals surface area contributed by atoms with E-state index in [2.05, 4.69) is 4.98 Å². The lowest BCUT2D eigenvalue weighted by atomic mass is 10.1. The molecule has 1 aromatic heterocycles. The van der Waals surface area contributed by atoms with E-state index in [1.54, 1.807) is 0 Å². The van der Waals surface area contributed by atoms with Gasteiger partial charge in [0.15, 0.2) is 0 Å². The maximum atomic E-state index is 5.67. The Bertz CT molecular complexity index is 372. The molecule has 2 N–H and O–H groups in total. The van der Waals surface area contributed by atoms with Gasteiger partial charge in [0.1, 0.15) is 4.99 Å². The average molecular weight is 209 g/mol. The molecule has 76 valence electrons. The number of aryl methyl sites for hydroxylation is 2. The Balaban J connectivity index is 3.44. The summed E-state index contributed by atoms with van der Waals surface area (Å²) in [6, 6.07) is 1.99. The first kappa shape index (κ1) is 10.9. The molecule has 0 unspecified atom stereocenters. The van der Waals surface area contributed by atoms with Crippen molar-refractivity contribution in [2.45, 2.75) is 13.8 Å². The van der Waals surface area contributed by atoms with Gasteiger partial charge in [0.05, 0.1) is 11.3 Å². The third kappa shape index (κ3) is 2.01. The zero-order valence-electron chi connectivity index (χ0n) is 8.96. The molecule has 0 radical (unpaired) electrons. The van der Waals surface area contributed by atoms with Crippen LogP contribution in [-0.2, 0) is 0 Å². The minimum Gasteiger partial charge on any atom is -0.389 e. The highest BCUT2D eigenvalue weighted by Gasteiger charge is 2.11. The Morgan fingerprint density at radius 1 is 1.43 bits per heavy atom. The summed E-state index contributed by atoms with van der Waals surface area (Å²) in [6.45, 7) is 3.89. The number of hydrogen-bond acceptors (Lipinski definition) is 3. The van der Waals surface area contributed by atoms with Gasteiger partial charge in [-0.25, -0.2) is 0 Å². The molecule has 0 spiro atoms. The second kappa shape index (κ2) is 3.92. The second-order valence-electron chi connectivity index (χ2n) is 3.50. The van der Waals surface area contributed by atoms with E-state index in [4.69, 9.17) is 18.0 Å². The van der Waals surface area contributed by atoms with Crippen molar-refractivity contribution in [3.63, 3.8) is 0 Å². The van der Waals surface area contributed by atoms with Crippen LogP contribution >= 0.6 is 12.2 Å². The molecule has 1 aromatic rings. The Morgan fingerprint density at radius 2 is 2.00 bits per heavy atom. The highest BCUT2D eigenvalue weighted by atomic mass is 32.1. The molecule has 14 heavy (non-hydrogen) atoms. The quantitative estimate of drug-likeness (QED) is 0.748. The van der Waals surface area contributed by atoms with E-state index in [0.29, 0.717) is 4.99 Å². The van der Waals surface area contributed by atoms with Crippen LogP contribution in [0.5, 0.6) is 0 Å². The fraction of sp³-hybridized carbons (Fsp3) is 0.400. The van der Waals surface area contributed by atoms with Crippen molar-refractivity contribution in [2.75, 3.05) is 19.0 Å². The number of hydrogen-bond donors (Lipinski definition) is 1. The van der Waals surface area contributed by atoms with Crippen LogP contribution in [0.25, 0.3) is 0 Å². The molecule has 0 amide bonds. The van der Waals surface area contributed by atoms with Crippen molar-refractivity contribution >= 4 is 22.9 Å². The van der Waals surface area contributed by atoms with Gasteiger partial charge in [0, 0.05) is 25.5 Å². The molecule has 0 saturated heterocycles. The lowest BCUT2D eigenvalue weighted by molar-refractivity contribution is 1.06. The van der Waals surface area contributed by atoms with Crippen LogP contribution < -0.4 is 10.6 Å². The molecule has 0 fully saturated rings. The molecular formula is C10H15N3S. The zero-order chi connectivity index (χ0) is 10.9. The summed E-state index contributed by atoms with van der Waals surface area (Å²) in [6.07, 6.45) is 0. The van der Waals surface area contributed by atoms with Gasteiger partial charge in [-0.1, -0.05) is 12.2 Å². The van der Waals surface area contributed by atoms with Crippen LogP contribution in [0.4, 0.5) is 5.69 Å². The van der Waals surface area contributed by atoms with Gasteiger partial charge in [-0.3, -0.25) is 4.98 Å². The van der Waals surface area contributed by atoms with E-state index in [9.17, 15) is 0 Å². The molecular weight excluding hydrogens is 194 g/mol. The van der Waals surface area contributed by atoms with Gasteiger partial charge in [-0.15, -0.1) is 0 Å². The zero-order valence-corrected chi connectivity index (χ0v) is 9.77. The van der Waals surface area contributed by atoms with E-state index in [0.717, 1.165) is 22.6 Å². The highest BCUT2D eigenvalue weighted by molar-refractivity contribution is 7.80. The first-order valence-corrected chi connectivity index (χ1v) is 4.79. The van der Waals surface area contributed by atoms with Crippen molar-refractivity contribution in [1.29, 1.82) is 0 Å². The van der Waals surface area contributed by atoms with Gasteiger partial charge < -0.3 is 10.6 Å². The molecule has 1 heterocycles. The van der Waals surface area contributed by atoms with Gasteiger partial charge in [0.2, 0.25) is 0 Å². The van der Waals surface area contributed by atoms with Gasteiger partial charge in [0.25, 0.3) is 0 Å². The summed E-state index contributed by atoms with van der Waals surface area (Å²) < 4.78 is 0. The molecule has 1 rings (SSSR count). The van der Waals surface area contributed by atoms with Crippen molar-refractivity contribution in [1.82, 2.24) is 4.98 Å². The van der Waals surface area contributed by atoms with Crippen LogP contribution in [0, 0.1) is 13.8 Å². The number of pyridine rings is 1. The molecule has 3 nitrogen and oxygen atoms in total. The number of rotatable bonds is 2. The summed E-state index contributed by atoms with van der Waals surface area (Å²) >= 11 is 5.01. The number of nitrogens with zero attached hydrogens (tertiary/aromatic N) is 2. The molecule has 4 heteroatoms. The number of nitrogens with two attached hydrogens (primary N) is 1. The molecule has 0 aliphatic heterocycles. The molecule has 0 aromatic carbocycles. The van der Waals surface area contributed by atoms with Crippen LogP contribution in [-0.4, -0.2) is 24.1 Å². The van der Waals surface area contributed by atoms with Crippen LogP contribution in [0.3, 0.4) is 0 Å². The monoisotopic (exact) mass is 209 g/mol. The van der Waals surface area contributed by atoms with E-state index in [1.807, 2.05) is 38.9 Å². The molecule has 0 aliphatic rings. The number of thiocarbonyl (C=S) groups is 1. The lowest BCUT2D eigenvalue weighted by Crippen LogP contribution is -2.20. The van der Waals surface area contributed by atoms with Gasteiger partial charge in [-0.2, -0.15) is 0 Å². The predicted molar refractivity (Wildman–Crippen MR) is 63.9 cm³/mol. The molecule has 0 aliphatic carbocycles. The fourth-order valence-corrected chi connectivity index (χ4v) is 1.72. The van der Waals surface area contributed by atoms with Crippen molar-refractivity contribution in [3.8, 4) is 0 Å². The van der Waals surface area contributed by atoms with E-state index in [-0.39, 0.29) is 0 Å². The molecule has 0 saturated carbocycles. The summed E-state index contributed by atoms with van der Waals surface area (Å²) in [4.78, 5) is 6.74. The summed E-state index contributed by atoms with van der Waals surface area (Å²) in [5.74, 6) is 0. The summed E-state index contributed by atoms with van der Waals surface area (Å²) in [5, 5.41) is 0. The topological polar surface area (TPSA) is 42.1 Å². The SMILES string of the molecule is Cc1cc(N(C)C)c(C(N)=S)c(C)n1. The standard InChI is InChI=1S/C10H15N3S/c1-6-5-8(13(3)4)9(10(11)14)7(2)12-6/h5H,1-4H3,(H2,11,14). The smallest absolute Gasteiger partial charge is 0.107 e. The molecule has 0 bridgehead atoms. The Morgan fingerprint density at radius 3 is 2.43 bits per heavy atom. The average Bonchev–Trinajstić information content (AvgIpc) is 2.01. The normalized spacial score (nSPS) is 10.0. The van der Waals surface area contributed by atoms with Crippen LogP contribution in [0.2, 0.25) is 0 Å². The van der Waals surface area contributed by atoms with E-state index < -0.39 is 0 Å². The number of aromatic nitrogens is 1. The summed E-state index contributed by atoms with van der Waals surface area (Å²) in [7, 11) is 3.94. The fourth-order valence-electron chi connectivity index (χ4n) is 1.47. The minimum absolute atomic E-state index is 0.402. The first-order valence-electron chi connectivity index (χ1n) is 4.39. The van der Waals surface area contributed by atoms with Crippen LogP contribution in [0.1, 0.15) is 17.0 Å². The second-order valence-corrected chi connectivity index (χ2v) is 3.94. The minimum atomic E-state index is 0.402. The van der Waals surface area contributed by atoms with Crippen molar-refractivity contribution in [3.05, 3.63) is 23.0 Å². The first-order chi connectivity index (χ1) is 6.43. The van der Waals surface area contributed by atoms with Gasteiger partial charge >= 0.3 is 0 Å². The number of anilines is 1. The summed E-state index contributed by atoms with van der Waals surface area (Å²) in [5.41, 5.74) is 9.44. The highest BCUT2D eigenvalue weighted by Crippen LogP contribution is 2.21. The maximum Gasteiger partial charge on any atom is 0.107 e. The lowest BCUT2D eigenvalue weighted by Gasteiger charge is -2.18. The molecule has 0 atom stereocenters. The third-order valence-corrected chi connectivity index (χ3v) is 2.24. The van der Waals surface area contributed by atoms with Crippen molar-refractivity contribution < 1.29 is 0 Å². The van der Waals surface area contributed by atoms with Crippen LogP contribution in [0.15, 0.2) is 6.07 Å². The van der Waals surface area contributed by atoms with Crippen molar-refractivity contribution in [2.24, 2.45) is 5.73 Å². The van der Waals surface area contributed by atoms with E-state index >= 15 is 0 Å². The maximum absolute atomic E-state index is 5.67. The van der Waals surface area contributed by atoms with Gasteiger partial charge in [-0.05, 0) is 19.9 Å². The third-order valence-electron chi connectivity index (χ3n) is 2.04. The predicted octanol–water partition coefficient (Wildman–Crippen LogP) is 1.40. The Labute approximate surface area is 89.9 Å². The Hall–Kier alpha value is -1.16. The van der Waals surface area contributed by atoms with E-state index in [1.165, 1.54) is 0 Å². The largest absolute Gasteiger partial charge is 0.389 e.